The summed E-state index contributed by atoms with van der Waals surface area (Å²) in [7, 11) is 1.64. The second-order valence-electron chi connectivity index (χ2n) is 5.73. The summed E-state index contributed by atoms with van der Waals surface area (Å²) in [5.74, 6) is 0.172. The van der Waals surface area contributed by atoms with Crippen molar-refractivity contribution >= 4 is 22.9 Å². The number of anilines is 1. The lowest BCUT2D eigenvalue weighted by Crippen LogP contribution is -2.40. The zero-order valence-electron chi connectivity index (χ0n) is 13.1. The van der Waals surface area contributed by atoms with E-state index < -0.39 is 0 Å². The Balaban J connectivity index is 1.52. The minimum absolute atomic E-state index is 0.0470. The fraction of sp³-hybridized carbons (Fsp3) is 0.438. The number of carbonyl (C=O) groups excluding carboxylic acids is 1. The van der Waals surface area contributed by atoms with E-state index in [2.05, 4.69) is 15.3 Å². The maximum absolute atomic E-state index is 12.2. The molecule has 1 saturated heterocycles. The van der Waals surface area contributed by atoms with Crippen molar-refractivity contribution < 1.29 is 4.79 Å². The van der Waals surface area contributed by atoms with Gasteiger partial charge in [-0.05, 0) is 24.3 Å². The van der Waals surface area contributed by atoms with Crippen LogP contribution in [-0.4, -0.2) is 28.8 Å². The quantitative estimate of drug-likeness (QED) is 0.918. The number of hydrogen-bond acceptors (Lipinski definition) is 5. The summed E-state index contributed by atoms with van der Waals surface area (Å²) >= 11 is 1.65. The first-order valence-corrected chi connectivity index (χ1v) is 8.60. The Morgan fingerprint density at radius 1 is 1.43 bits per heavy atom. The van der Waals surface area contributed by atoms with Crippen LogP contribution in [0.4, 0.5) is 5.69 Å². The van der Waals surface area contributed by atoms with Crippen LogP contribution in [0.1, 0.15) is 17.7 Å². The second-order valence-corrected chi connectivity index (χ2v) is 6.77. The zero-order valence-corrected chi connectivity index (χ0v) is 13.9. The summed E-state index contributed by atoms with van der Waals surface area (Å²) in [5.41, 5.74) is 0.726. The van der Waals surface area contributed by atoms with E-state index >= 15 is 0 Å². The van der Waals surface area contributed by atoms with Crippen LogP contribution in [0, 0.1) is 5.92 Å². The molecule has 1 amide bonds. The van der Waals surface area contributed by atoms with E-state index in [1.807, 2.05) is 17.5 Å². The van der Waals surface area contributed by atoms with Gasteiger partial charge in [-0.25, -0.2) is 4.68 Å². The van der Waals surface area contributed by atoms with Crippen LogP contribution in [0.5, 0.6) is 0 Å². The van der Waals surface area contributed by atoms with Gasteiger partial charge in [-0.3, -0.25) is 9.59 Å². The van der Waals surface area contributed by atoms with Crippen molar-refractivity contribution in [3.05, 3.63) is 45.0 Å². The number of rotatable bonds is 4. The third-order valence-electron chi connectivity index (χ3n) is 4.20. The number of piperidine rings is 1. The van der Waals surface area contributed by atoms with E-state index in [1.165, 1.54) is 9.56 Å². The molecule has 1 fully saturated rings. The van der Waals surface area contributed by atoms with Crippen molar-refractivity contribution in [2.24, 2.45) is 13.0 Å². The monoisotopic (exact) mass is 332 g/mol. The number of thiophene rings is 1. The number of aromatic nitrogens is 2. The van der Waals surface area contributed by atoms with Gasteiger partial charge in [0.05, 0.1) is 18.4 Å². The molecular formula is C16H20N4O2S. The van der Waals surface area contributed by atoms with E-state index in [1.54, 1.807) is 30.6 Å². The van der Waals surface area contributed by atoms with Crippen molar-refractivity contribution in [3.8, 4) is 0 Å². The van der Waals surface area contributed by atoms with E-state index in [4.69, 9.17) is 0 Å². The third-order valence-corrected chi connectivity index (χ3v) is 5.08. The molecule has 0 radical (unpaired) electrons. The van der Waals surface area contributed by atoms with Gasteiger partial charge < -0.3 is 10.2 Å². The highest BCUT2D eigenvalue weighted by atomic mass is 32.1. The molecule has 1 aliphatic rings. The van der Waals surface area contributed by atoms with Crippen molar-refractivity contribution in [2.75, 3.05) is 18.0 Å². The maximum atomic E-state index is 12.2. The van der Waals surface area contributed by atoms with Gasteiger partial charge in [-0.2, -0.15) is 5.10 Å². The van der Waals surface area contributed by atoms with E-state index in [0.29, 0.717) is 6.54 Å². The summed E-state index contributed by atoms with van der Waals surface area (Å²) in [6.45, 7) is 2.15. The zero-order chi connectivity index (χ0) is 16.2. The van der Waals surface area contributed by atoms with Crippen LogP contribution in [0.3, 0.4) is 0 Å². The van der Waals surface area contributed by atoms with Crippen LogP contribution in [0.15, 0.2) is 34.6 Å². The number of nitrogens with one attached hydrogen (secondary N) is 1. The Labute approximate surface area is 138 Å². The molecular weight excluding hydrogens is 312 g/mol. The first-order valence-electron chi connectivity index (χ1n) is 7.72. The molecule has 0 atom stereocenters. The molecule has 3 heterocycles. The molecule has 2 aromatic heterocycles. The maximum Gasteiger partial charge on any atom is 0.268 e. The molecule has 2 aromatic rings. The van der Waals surface area contributed by atoms with Crippen molar-refractivity contribution in [1.82, 2.24) is 15.1 Å². The molecule has 3 rings (SSSR count). The molecule has 0 bridgehead atoms. The van der Waals surface area contributed by atoms with Gasteiger partial charge in [0.15, 0.2) is 0 Å². The highest BCUT2D eigenvalue weighted by Gasteiger charge is 2.25. The predicted octanol–water partition coefficient (Wildman–Crippen LogP) is 1.37. The normalized spacial score (nSPS) is 15.6. The average Bonchev–Trinajstić information content (AvgIpc) is 3.09. The Morgan fingerprint density at radius 2 is 2.22 bits per heavy atom. The van der Waals surface area contributed by atoms with Crippen molar-refractivity contribution in [2.45, 2.75) is 19.4 Å². The van der Waals surface area contributed by atoms with Crippen LogP contribution in [-0.2, 0) is 18.4 Å². The molecule has 1 aliphatic heterocycles. The number of hydrogen-bond donors (Lipinski definition) is 1. The van der Waals surface area contributed by atoms with E-state index in [9.17, 15) is 9.59 Å². The van der Waals surface area contributed by atoms with E-state index in [0.717, 1.165) is 31.6 Å². The predicted molar refractivity (Wildman–Crippen MR) is 90.6 cm³/mol. The highest BCUT2D eigenvalue weighted by molar-refractivity contribution is 7.09. The largest absolute Gasteiger partial charge is 0.370 e. The molecule has 0 aliphatic carbocycles. The molecule has 6 nitrogen and oxygen atoms in total. The number of aryl methyl sites for hydroxylation is 1. The Morgan fingerprint density at radius 3 is 2.87 bits per heavy atom. The topological polar surface area (TPSA) is 67.2 Å². The summed E-state index contributed by atoms with van der Waals surface area (Å²) < 4.78 is 1.31. The van der Waals surface area contributed by atoms with Gasteiger partial charge in [-0.1, -0.05) is 6.07 Å². The van der Waals surface area contributed by atoms with Gasteiger partial charge in [0.2, 0.25) is 5.91 Å². The molecule has 1 N–H and O–H groups in total. The molecule has 7 heteroatoms. The average molecular weight is 332 g/mol. The lowest BCUT2D eigenvalue weighted by molar-refractivity contribution is -0.125. The number of carbonyl (C=O) groups is 1. The first kappa shape index (κ1) is 15.7. The van der Waals surface area contributed by atoms with Gasteiger partial charge >= 0.3 is 0 Å². The minimum atomic E-state index is -0.113. The third kappa shape index (κ3) is 3.79. The minimum Gasteiger partial charge on any atom is -0.370 e. The molecule has 0 saturated carbocycles. The molecule has 0 spiro atoms. The smallest absolute Gasteiger partial charge is 0.268 e. The first-order chi connectivity index (χ1) is 11.1. The number of amides is 1. The SMILES string of the molecule is Cn1ncc(N2CCC(C(=O)NCc3cccs3)CC2)cc1=O. The van der Waals surface area contributed by atoms with Crippen LogP contribution < -0.4 is 15.8 Å². The van der Waals surface area contributed by atoms with E-state index in [-0.39, 0.29) is 17.4 Å². The molecule has 23 heavy (non-hydrogen) atoms. The summed E-state index contributed by atoms with van der Waals surface area (Å²) in [4.78, 5) is 27.2. The van der Waals surface area contributed by atoms with Crippen molar-refractivity contribution in [1.29, 1.82) is 0 Å². The molecule has 0 aromatic carbocycles. The Kier molecular flexibility index (Phi) is 4.76. The van der Waals surface area contributed by atoms with Gasteiger partial charge in [0, 0.05) is 37.0 Å². The fourth-order valence-corrected chi connectivity index (χ4v) is 3.41. The second kappa shape index (κ2) is 6.95. The fourth-order valence-electron chi connectivity index (χ4n) is 2.76. The van der Waals surface area contributed by atoms with Crippen LogP contribution >= 0.6 is 11.3 Å². The Bertz CT molecular complexity index is 718. The molecule has 0 unspecified atom stereocenters. The Hall–Kier alpha value is -2.15. The standard InChI is InChI=1S/C16H20N4O2S/c1-19-15(21)9-13(10-18-19)20-6-4-12(5-7-20)16(22)17-11-14-3-2-8-23-14/h2-3,8-10,12H,4-7,11H2,1H3,(H,17,22). The van der Waals surface area contributed by atoms with Gasteiger partial charge in [0.25, 0.3) is 5.56 Å². The lowest BCUT2D eigenvalue weighted by Gasteiger charge is -2.32. The van der Waals surface area contributed by atoms with Gasteiger partial charge in [0.1, 0.15) is 0 Å². The van der Waals surface area contributed by atoms with Crippen molar-refractivity contribution in [3.63, 3.8) is 0 Å². The van der Waals surface area contributed by atoms with Crippen LogP contribution in [0.2, 0.25) is 0 Å². The highest BCUT2D eigenvalue weighted by Crippen LogP contribution is 2.22. The van der Waals surface area contributed by atoms with Gasteiger partial charge in [-0.15, -0.1) is 11.3 Å². The molecule has 122 valence electrons. The van der Waals surface area contributed by atoms with Crippen LogP contribution in [0.25, 0.3) is 0 Å². The summed E-state index contributed by atoms with van der Waals surface area (Å²) in [5, 5.41) is 9.08. The summed E-state index contributed by atoms with van der Waals surface area (Å²) in [6.07, 6.45) is 3.30. The summed E-state index contributed by atoms with van der Waals surface area (Å²) in [6, 6.07) is 5.61. The number of nitrogens with zero attached hydrogens (tertiary/aromatic N) is 3. The lowest BCUT2D eigenvalue weighted by atomic mass is 9.95.